The van der Waals surface area contributed by atoms with Crippen LogP contribution in [0.1, 0.15) is 53.8 Å². The van der Waals surface area contributed by atoms with Crippen molar-refractivity contribution < 1.29 is 14.3 Å². The van der Waals surface area contributed by atoms with E-state index in [1.54, 1.807) is 0 Å². The Bertz CT molecular complexity index is 727. The smallest absolute Gasteiger partial charge is 0.274 e. The Morgan fingerprint density at radius 2 is 2.15 bits per heavy atom. The van der Waals surface area contributed by atoms with Crippen LogP contribution in [0.3, 0.4) is 0 Å². The first-order valence-corrected chi connectivity index (χ1v) is 9.91. The van der Waals surface area contributed by atoms with Crippen molar-refractivity contribution in [3.8, 4) is 0 Å². The normalized spacial score (nSPS) is 27.1. The number of rotatable bonds is 3. The van der Waals surface area contributed by atoms with E-state index in [1.165, 1.54) is 0 Å². The van der Waals surface area contributed by atoms with Crippen LogP contribution in [0.2, 0.25) is 0 Å². The molecule has 3 fully saturated rings. The van der Waals surface area contributed by atoms with Gasteiger partial charge in [0.25, 0.3) is 5.91 Å². The van der Waals surface area contributed by atoms with Crippen molar-refractivity contribution in [3.63, 3.8) is 0 Å². The summed E-state index contributed by atoms with van der Waals surface area (Å²) in [7, 11) is 0. The molecule has 7 heteroatoms. The molecule has 5 rings (SSSR count). The number of aromatic amines is 1. The van der Waals surface area contributed by atoms with E-state index in [1.807, 2.05) is 9.80 Å². The summed E-state index contributed by atoms with van der Waals surface area (Å²) in [5.74, 6) is 0.766. The number of hydrogen-bond donors (Lipinski definition) is 1. The second-order valence-electron chi connectivity index (χ2n) is 8.39. The molecule has 2 amide bonds. The number of ether oxygens (including phenoxy) is 1. The predicted molar refractivity (Wildman–Crippen MR) is 93.7 cm³/mol. The van der Waals surface area contributed by atoms with Crippen LogP contribution in [-0.2, 0) is 22.4 Å². The number of nitrogens with zero attached hydrogens (tertiary/aromatic N) is 3. The maximum atomic E-state index is 12.7. The van der Waals surface area contributed by atoms with Gasteiger partial charge in [0.2, 0.25) is 5.91 Å². The van der Waals surface area contributed by atoms with Crippen LogP contribution in [0, 0.1) is 5.92 Å². The summed E-state index contributed by atoms with van der Waals surface area (Å²) in [6.45, 7) is 3.77. The molecule has 26 heavy (non-hydrogen) atoms. The zero-order valence-electron chi connectivity index (χ0n) is 15.1. The molecule has 3 saturated heterocycles. The lowest BCUT2D eigenvalue weighted by Gasteiger charge is -2.52. The molecule has 1 N–H and O–H groups in total. The molecule has 1 atom stereocenters. The number of amides is 2. The molecule has 0 aromatic carbocycles. The largest absolute Gasteiger partial charge is 0.371 e. The van der Waals surface area contributed by atoms with Crippen LogP contribution in [0.4, 0.5) is 0 Å². The van der Waals surface area contributed by atoms with E-state index in [9.17, 15) is 9.59 Å². The van der Waals surface area contributed by atoms with E-state index in [-0.39, 0.29) is 17.4 Å². The molecule has 3 aliphatic heterocycles. The van der Waals surface area contributed by atoms with E-state index in [0.717, 1.165) is 62.9 Å². The Morgan fingerprint density at radius 3 is 2.88 bits per heavy atom. The predicted octanol–water partition coefficient (Wildman–Crippen LogP) is 1.14. The van der Waals surface area contributed by atoms with Crippen molar-refractivity contribution in [2.45, 2.75) is 50.5 Å². The van der Waals surface area contributed by atoms with Crippen LogP contribution >= 0.6 is 0 Å². The highest BCUT2D eigenvalue weighted by molar-refractivity contribution is 5.95. The maximum Gasteiger partial charge on any atom is 0.274 e. The minimum Gasteiger partial charge on any atom is -0.371 e. The van der Waals surface area contributed by atoms with E-state index in [0.29, 0.717) is 37.7 Å². The van der Waals surface area contributed by atoms with Gasteiger partial charge >= 0.3 is 0 Å². The molecule has 1 spiro atoms. The molecular weight excluding hydrogens is 332 g/mol. The first-order chi connectivity index (χ1) is 12.6. The lowest BCUT2D eigenvalue weighted by Crippen LogP contribution is -2.66. The van der Waals surface area contributed by atoms with Gasteiger partial charge in [-0.25, -0.2) is 0 Å². The molecule has 1 aromatic heterocycles. The molecule has 140 valence electrons. The lowest BCUT2D eigenvalue weighted by molar-refractivity contribution is -0.169. The van der Waals surface area contributed by atoms with Crippen LogP contribution in [0.25, 0.3) is 0 Å². The molecule has 0 unspecified atom stereocenters. The summed E-state index contributed by atoms with van der Waals surface area (Å²) in [6, 6.07) is 0. The van der Waals surface area contributed by atoms with E-state index in [2.05, 4.69) is 10.2 Å². The van der Waals surface area contributed by atoms with E-state index >= 15 is 0 Å². The first kappa shape index (κ1) is 16.3. The second-order valence-corrected chi connectivity index (χ2v) is 8.39. The molecule has 4 aliphatic rings. The Labute approximate surface area is 153 Å². The fraction of sp³-hybridized carbons (Fsp3) is 0.737. The summed E-state index contributed by atoms with van der Waals surface area (Å²) in [6.07, 6.45) is 6.81. The first-order valence-electron chi connectivity index (χ1n) is 9.91. The third-order valence-corrected chi connectivity index (χ3v) is 6.54. The molecule has 0 bridgehead atoms. The number of hydrogen-bond acceptors (Lipinski definition) is 4. The number of carbonyl (C=O) groups is 2. The summed E-state index contributed by atoms with van der Waals surface area (Å²) in [5, 5.41) is 7.28. The van der Waals surface area contributed by atoms with Crippen LogP contribution < -0.4 is 0 Å². The van der Waals surface area contributed by atoms with E-state index < -0.39 is 0 Å². The summed E-state index contributed by atoms with van der Waals surface area (Å²) >= 11 is 0. The number of aromatic nitrogens is 2. The van der Waals surface area contributed by atoms with Gasteiger partial charge < -0.3 is 14.5 Å². The third kappa shape index (κ3) is 2.64. The number of aryl methyl sites for hydroxylation is 1. The Balaban J connectivity index is 1.14. The number of carbonyl (C=O) groups excluding carboxylic acids is 2. The molecule has 1 aromatic rings. The zero-order chi connectivity index (χ0) is 17.7. The molecule has 0 radical (unpaired) electrons. The average molecular weight is 358 g/mol. The fourth-order valence-electron chi connectivity index (χ4n) is 4.96. The minimum absolute atomic E-state index is 0.0448. The van der Waals surface area contributed by atoms with Gasteiger partial charge in [-0.2, -0.15) is 5.10 Å². The third-order valence-electron chi connectivity index (χ3n) is 6.54. The van der Waals surface area contributed by atoms with Crippen LogP contribution in [0.5, 0.6) is 0 Å². The SMILES string of the molecule is O=C1CCCN1C[C@H]1CCC2(CN(C(=O)c3n[nH]c4c3CCC4)C2)OC1. The van der Waals surface area contributed by atoms with Crippen molar-refractivity contribution >= 4 is 11.8 Å². The monoisotopic (exact) mass is 358 g/mol. The quantitative estimate of drug-likeness (QED) is 0.879. The van der Waals surface area contributed by atoms with Crippen molar-refractivity contribution in [1.29, 1.82) is 0 Å². The van der Waals surface area contributed by atoms with Gasteiger partial charge in [0.15, 0.2) is 5.69 Å². The van der Waals surface area contributed by atoms with E-state index in [4.69, 9.17) is 4.74 Å². The molecule has 4 heterocycles. The van der Waals surface area contributed by atoms with Gasteiger partial charge in [-0.15, -0.1) is 0 Å². The topological polar surface area (TPSA) is 78.5 Å². The highest BCUT2D eigenvalue weighted by Gasteiger charge is 2.49. The van der Waals surface area contributed by atoms with Crippen molar-refractivity contribution in [2.24, 2.45) is 5.92 Å². The zero-order valence-corrected chi connectivity index (χ0v) is 15.1. The number of likely N-dealkylation sites (tertiary alicyclic amines) is 2. The molecule has 0 saturated carbocycles. The number of fused-ring (bicyclic) bond motifs is 1. The van der Waals surface area contributed by atoms with Crippen molar-refractivity contribution in [2.75, 3.05) is 32.8 Å². The summed E-state index contributed by atoms with van der Waals surface area (Å²) in [5.41, 5.74) is 2.71. The minimum atomic E-state index is -0.166. The Hall–Kier alpha value is -1.89. The fourth-order valence-corrected chi connectivity index (χ4v) is 4.96. The maximum absolute atomic E-state index is 12.7. The highest BCUT2D eigenvalue weighted by atomic mass is 16.5. The molecule has 1 aliphatic carbocycles. The van der Waals surface area contributed by atoms with Gasteiger partial charge in [0.05, 0.1) is 19.7 Å². The molecular formula is C19H26N4O3. The highest BCUT2D eigenvalue weighted by Crippen LogP contribution is 2.37. The summed E-state index contributed by atoms with van der Waals surface area (Å²) < 4.78 is 6.19. The lowest BCUT2D eigenvalue weighted by atomic mass is 9.82. The van der Waals surface area contributed by atoms with Crippen molar-refractivity contribution in [1.82, 2.24) is 20.0 Å². The Kier molecular flexibility index (Phi) is 3.81. The van der Waals surface area contributed by atoms with Crippen LogP contribution in [0.15, 0.2) is 0 Å². The van der Waals surface area contributed by atoms with Gasteiger partial charge in [-0.1, -0.05) is 0 Å². The van der Waals surface area contributed by atoms with Gasteiger partial charge in [-0.3, -0.25) is 14.7 Å². The number of H-pyrrole nitrogens is 1. The van der Waals surface area contributed by atoms with Crippen LogP contribution in [-0.4, -0.2) is 70.2 Å². The second kappa shape index (κ2) is 6.08. The standard InChI is InChI=1S/C19H26N4O3/c24-16-5-2-8-22(16)9-13-6-7-19(26-10-13)11-23(12-19)18(25)17-14-3-1-4-15(14)20-21-17/h13H,1-12H2,(H,20,21)/t13-/m1/s1. The van der Waals surface area contributed by atoms with Gasteiger partial charge in [0.1, 0.15) is 5.60 Å². The molecule has 7 nitrogen and oxygen atoms in total. The average Bonchev–Trinajstić information content (AvgIpc) is 3.31. The van der Waals surface area contributed by atoms with Crippen molar-refractivity contribution in [3.05, 3.63) is 17.0 Å². The number of nitrogens with one attached hydrogen (secondary N) is 1. The van der Waals surface area contributed by atoms with Gasteiger partial charge in [-0.05, 0) is 38.5 Å². The van der Waals surface area contributed by atoms with Gasteiger partial charge in [0, 0.05) is 36.7 Å². The Morgan fingerprint density at radius 1 is 1.27 bits per heavy atom. The summed E-state index contributed by atoms with van der Waals surface area (Å²) in [4.78, 5) is 28.4.